The SMILES string of the molecule is CCOC(=O)C1=C(c2ccccc2)N=c2sc(=Cc3ccc(-c4cccc([N+](=O)[O-])c4)o3)c(=O)n2C1c1cccs1. The second-order valence-electron chi connectivity index (χ2n) is 8.96. The number of thiophene rings is 1. The second-order valence-corrected chi connectivity index (χ2v) is 10.9. The van der Waals surface area contributed by atoms with Crippen molar-refractivity contribution in [1.82, 2.24) is 4.57 Å². The predicted octanol–water partition coefficient (Wildman–Crippen LogP) is 5.17. The van der Waals surface area contributed by atoms with E-state index < -0.39 is 16.9 Å². The third kappa shape index (κ3) is 4.96. The minimum atomic E-state index is -0.723. The van der Waals surface area contributed by atoms with Crippen molar-refractivity contribution < 1.29 is 18.9 Å². The molecule has 0 bridgehead atoms. The lowest BCUT2D eigenvalue weighted by Crippen LogP contribution is -2.39. The number of carbonyl (C=O) groups is 1. The van der Waals surface area contributed by atoms with Gasteiger partial charge in [0.15, 0.2) is 4.80 Å². The van der Waals surface area contributed by atoms with E-state index in [0.29, 0.717) is 37.7 Å². The lowest BCUT2D eigenvalue weighted by molar-refractivity contribution is -0.384. The Morgan fingerprint density at radius 2 is 1.90 bits per heavy atom. The minimum Gasteiger partial charge on any atom is -0.463 e. The monoisotopic (exact) mass is 583 g/mol. The summed E-state index contributed by atoms with van der Waals surface area (Å²) in [6.07, 6.45) is 1.62. The molecule has 3 aromatic heterocycles. The highest BCUT2D eigenvalue weighted by Crippen LogP contribution is 2.37. The van der Waals surface area contributed by atoms with Crippen molar-refractivity contribution in [2.24, 2.45) is 4.99 Å². The van der Waals surface area contributed by atoms with Crippen LogP contribution in [0.1, 0.15) is 29.2 Å². The van der Waals surface area contributed by atoms with Crippen molar-refractivity contribution in [1.29, 1.82) is 0 Å². The normalized spacial score (nSPS) is 15.0. The van der Waals surface area contributed by atoms with Crippen molar-refractivity contribution in [3.05, 3.63) is 136 Å². The molecule has 0 N–H and O–H groups in total. The van der Waals surface area contributed by atoms with E-state index in [9.17, 15) is 19.7 Å². The Morgan fingerprint density at radius 3 is 2.63 bits per heavy atom. The molecule has 11 heteroatoms. The van der Waals surface area contributed by atoms with Gasteiger partial charge in [0.05, 0.1) is 27.3 Å². The Kier molecular flexibility index (Phi) is 7.04. The molecule has 2 aromatic carbocycles. The number of nitrogens with zero attached hydrogens (tertiary/aromatic N) is 3. The number of hydrogen-bond donors (Lipinski definition) is 0. The molecular weight excluding hydrogens is 562 g/mol. The summed E-state index contributed by atoms with van der Waals surface area (Å²) >= 11 is 2.63. The molecule has 1 atom stereocenters. The molecule has 4 heterocycles. The Hall–Kier alpha value is -4.87. The average molecular weight is 584 g/mol. The molecule has 0 aliphatic carbocycles. The van der Waals surface area contributed by atoms with E-state index in [0.717, 1.165) is 10.4 Å². The average Bonchev–Trinajstić information content (AvgIpc) is 3.75. The molecule has 6 rings (SSSR count). The molecule has 0 radical (unpaired) electrons. The standard InChI is InChI=1S/C30H21N3O6S2/c1-2-38-29(35)25-26(18-8-4-3-5-9-18)31-30-32(27(25)23-12-7-15-40-23)28(34)24(41-30)17-21-13-14-22(39-21)19-10-6-11-20(16-19)33(36)37/h3-17,27H,2H2,1H3. The van der Waals surface area contributed by atoms with Crippen LogP contribution < -0.4 is 14.9 Å². The molecule has 5 aromatic rings. The number of non-ortho nitro benzene ring substituents is 1. The number of fused-ring (bicyclic) bond motifs is 1. The Labute approximate surface area is 240 Å². The van der Waals surface area contributed by atoms with E-state index in [-0.39, 0.29) is 17.9 Å². The highest BCUT2D eigenvalue weighted by molar-refractivity contribution is 7.10. The maximum atomic E-state index is 13.9. The first-order valence-electron chi connectivity index (χ1n) is 12.6. The number of benzene rings is 2. The molecule has 204 valence electrons. The van der Waals surface area contributed by atoms with E-state index in [1.54, 1.807) is 37.3 Å². The van der Waals surface area contributed by atoms with Gasteiger partial charge >= 0.3 is 5.97 Å². The summed E-state index contributed by atoms with van der Waals surface area (Å²) in [6.45, 7) is 1.92. The van der Waals surface area contributed by atoms with Gasteiger partial charge in [-0.15, -0.1) is 11.3 Å². The molecule has 0 saturated heterocycles. The van der Waals surface area contributed by atoms with E-state index in [4.69, 9.17) is 14.1 Å². The topological polar surface area (TPSA) is 117 Å². The number of thiazole rings is 1. The number of ether oxygens (including phenoxy) is 1. The van der Waals surface area contributed by atoms with E-state index in [1.807, 2.05) is 47.8 Å². The molecule has 0 saturated carbocycles. The van der Waals surface area contributed by atoms with Crippen LogP contribution in [0.15, 0.2) is 104 Å². The van der Waals surface area contributed by atoms with Gasteiger partial charge in [0.25, 0.3) is 11.2 Å². The van der Waals surface area contributed by atoms with Gasteiger partial charge in [-0.1, -0.05) is 59.9 Å². The molecule has 0 amide bonds. The van der Waals surface area contributed by atoms with Crippen LogP contribution in [0.4, 0.5) is 5.69 Å². The summed E-state index contributed by atoms with van der Waals surface area (Å²) in [6, 6.07) is 21.9. The van der Waals surface area contributed by atoms with Gasteiger partial charge in [0.2, 0.25) is 0 Å². The Balaban J connectivity index is 1.51. The molecule has 0 fully saturated rings. The zero-order valence-electron chi connectivity index (χ0n) is 21.6. The smallest absolute Gasteiger partial charge is 0.338 e. The van der Waals surface area contributed by atoms with Crippen LogP contribution in [-0.4, -0.2) is 22.1 Å². The van der Waals surface area contributed by atoms with Gasteiger partial charge < -0.3 is 9.15 Å². The first-order valence-corrected chi connectivity index (χ1v) is 14.3. The van der Waals surface area contributed by atoms with Crippen LogP contribution in [0.5, 0.6) is 0 Å². The highest BCUT2D eigenvalue weighted by Gasteiger charge is 2.35. The van der Waals surface area contributed by atoms with Crippen LogP contribution in [0, 0.1) is 10.1 Å². The first-order chi connectivity index (χ1) is 19.9. The molecule has 0 spiro atoms. The van der Waals surface area contributed by atoms with E-state index >= 15 is 0 Å². The van der Waals surface area contributed by atoms with Gasteiger partial charge in [0.1, 0.15) is 17.6 Å². The van der Waals surface area contributed by atoms with Gasteiger partial charge in [0, 0.05) is 34.2 Å². The summed E-state index contributed by atoms with van der Waals surface area (Å²) in [5, 5.41) is 13.1. The molecule has 1 aliphatic rings. The quantitative estimate of drug-likeness (QED) is 0.148. The fourth-order valence-electron chi connectivity index (χ4n) is 4.64. The van der Waals surface area contributed by atoms with Crippen LogP contribution in [-0.2, 0) is 9.53 Å². The summed E-state index contributed by atoms with van der Waals surface area (Å²) < 4.78 is 13.3. The Bertz CT molecular complexity index is 1980. The van der Waals surface area contributed by atoms with Crippen LogP contribution in [0.2, 0.25) is 0 Å². The minimum absolute atomic E-state index is 0.0473. The fraction of sp³-hybridized carbons (Fsp3) is 0.100. The van der Waals surface area contributed by atoms with Crippen LogP contribution >= 0.6 is 22.7 Å². The van der Waals surface area contributed by atoms with Crippen molar-refractivity contribution in [2.75, 3.05) is 6.61 Å². The number of esters is 1. The first kappa shape index (κ1) is 26.4. The number of nitro benzene ring substituents is 1. The highest BCUT2D eigenvalue weighted by atomic mass is 32.1. The predicted molar refractivity (Wildman–Crippen MR) is 156 cm³/mol. The van der Waals surface area contributed by atoms with Gasteiger partial charge in [-0.2, -0.15) is 0 Å². The molecule has 1 unspecified atom stereocenters. The van der Waals surface area contributed by atoms with Gasteiger partial charge in [-0.05, 0) is 30.5 Å². The molecule has 9 nitrogen and oxygen atoms in total. The van der Waals surface area contributed by atoms with Crippen molar-refractivity contribution in [3.63, 3.8) is 0 Å². The van der Waals surface area contributed by atoms with Crippen molar-refractivity contribution in [3.8, 4) is 11.3 Å². The van der Waals surface area contributed by atoms with E-state index in [2.05, 4.69) is 0 Å². The van der Waals surface area contributed by atoms with E-state index in [1.165, 1.54) is 39.4 Å². The number of rotatable bonds is 7. The summed E-state index contributed by atoms with van der Waals surface area (Å²) in [5.74, 6) is 0.299. The van der Waals surface area contributed by atoms with Crippen LogP contribution in [0.25, 0.3) is 23.1 Å². The maximum absolute atomic E-state index is 13.9. The third-order valence-corrected chi connectivity index (χ3v) is 8.34. The molecule has 41 heavy (non-hydrogen) atoms. The van der Waals surface area contributed by atoms with Crippen molar-refractivity contribution in [2.45, 2.75) is 13.0 Å². The number of furan rings is 1. The lowest BCUT2D eigenvalue weighted by atomic mass is 9.97. The van der Waals surface area contributed by atoms with Crippen LogP contribution in [0.3, 0.4) is 0 Å². The largest absolute Gasteiger partial charge is 0.463 e. The molecular formula is C30H21N3O6S2. The number of nitro groups is 1. The summed E-state index contributed by atoms with van der Waals surface area (Å²) in [7, 11) is 0. The number of aromatic nitrogens is 1. The zero-order valence-corrected chi connectivity index (χ0v) is 23.2. The van der Waals surface area contributed by atoms with Crippen molar-refractivity contribution >= 4 is 46.1 Å². The second kappa shape index (κ2) is 11.0. The summed E-state index contributed by atoms with van der Waals surface area (Å²) in [5.41, 5.74) is 1.67. The van der Waals surface area contributed by atoms with Gasteiger partial charge in [-0.3, -0.25) is 19.5 Å². The van der Waals surface area contributed by atoms with Gasteiger partial charge in [-0.25, -0.2) is 9.79 Å². The zero-order chi connectivity index (χ0) is 28.5. The number of hydrogen-bond acceptors (Lipinski definition) is 9. The molecule has 1 aliphatic heterocycles. The fourth-order valence-corrected chi connectivity index (χ4v) is 6.45. The lowest BCUT2D eigenvalue weighted by Gasteiger charge is -2.24. The number of carbonyl (C=O) groups excluding carboxylic acids is 1. The Morgan fingerprint density at radius 1 is 1.10 bits per heavy atom. The maximum Gasteiger partial charge on any atom is 0.338 e. The third-order valence-electron chi connectivity index (χ3n) is 6.43. The summed E-state index contributed by atoms with van der Waals surface area (Å²) in [4.78, 5) is 44.1.